The van der Waals surface area contributed by atoms with Gasteiger partial charge in [-0.2, -0.15) is 0 Å². The summed E-state index contributed by atoms with van der Waals surface area (Å²) in [6.07, 6.45) is 6.93. The molecular formula is C11H9O. The van der Waals surface area contributed by atoms with Gasteiger partial charge < -0.3 is 0 Å². The summed E-state index contributed by atoms with van der Waals surface area (Å²) in [7, 11) is 0. The fourth-order valence-corrected chi connectivity index (χ4v) is 1.38. The molecular weight excluding hydrogens is 148 g/mol. The van der Waals surface area contributed by atoms with Crippen LogP contribution in [-0.4, -0.2) is 0 Å². The first-order chi connectivity index (χ1) is 5.88. The average molecular weight is 157 g/mol. The minimum atomic E-state index is 0.118. The Bertz CT molecular complexity index is 348. The molecule has 0 bridgehead atoms. The van der Waals surface area contributed by atoms with E-state index in [9.17, 15) is 5.11 Å². The number of benzene rings is 1. The number of hydrogen-bond donors (Lipinski definition) is 0. The third kappa shape index (κ3) is 1.14. The number of para-hydroxylation sites is 1. The molecule has 0 N–H and O–H groups in total. The normalized spacial score (nSPS) is 14.8. The van der Waals surface area contributed by atoms with Crippen LogP contribution in [0.2, 0.25) is 0 Å². The van der Waals surface area contributed by atoms with Crippen LogP contribution in [0.15, 0.2) is 42.5 Å². The molecule has 0 aliphatic heterocycles. The van der Waals surface area contributed by atoms with Crippen molar-refractivity contribution in [3.63, 3.8) is 0 Å². The van der Waals surface area contributed by atoms with E-state index in [2.05, 4.69) is 6.08 Å². The summed E-state index contributed by atoms with van der Waals surface area (Å²) in [5, 5.41) is 11.3. The monoisotopic (exact) mass is 157 g/mol. The lowest BCUT2D eigenvalue weighted by Gasteiger charge is -2.01. The van der Waals surface area contributed by atoms with Gasteiger partial charge in [0, 0.05) is 5.56 Å². The number of allylic oxidation sites excluding steroid dienone is 4. The van der Waals surface area contributed by atoms with E-state index in [-0.39, 0.29) is 5.75 Å². The highest BCUT2D eigenvalue weighted by atomic mass is 16.3. The minimum absolute atomic E-state index is 0.118. The van der Waals surface area contributed by atoms with Gasteiger partial charge in [-0.3, -0.25) is 5.11 Å². The van der Waals surface area contributed by atoms with E-state index in [4.69, 9.17) is 0 Å². The Kier molecular flexibility index (Phi) is 1.71. The molecule has 0 atom stereocenters. The highest BCUT2D eigenvalue weighted by Crippen LogP contribution is 2.29. The second kappa shape index (κ2) is 2.86. The van der Waals surface area contributed by atoms with E-state index in [1.54, 1.807) is 12.1 Å². The summed E-state index contributed by atoms with van der Waals surface area (Å²) >= 11 is 0. The molecule has 2 rings (SSSR count). The smallest absolute Gasteiger partial charge is 0.186 e. The highest BCUT2D eigenvalue weighted by Gasteiger charge is 2.07. The first-order valence-electron chi connectivity index (χ1n) is 4.00. The van der Waals surface area contributed by atoms with E-state index >= 15 is 0 Å². The van der Waals surface area contributed by atoms with Gasteiger partial charge in [0.25, 0.3) is 0 Å². The van der Waals surface area contributed by atoms with Gasteiger partial charge >= 0.3 is 0 Å². The Morgan fingerprint density at radius 3 is 2.67 bits per heavy atom. The summed E-state index contributed by atoms with van der Waals surface area (Å²) in [4.78, 5) is 0. The summed E-state index contributed by atoms with van der Waals surface area (Å²) in [6.45, 7) is 0. The van der Waals surface area contributed by atoms with Gasteiger partial charge in [0.2, 0.25) is 0 Å². The summed E-state index contributed by atoms with van der Waals surface area (Å²) < 4.78 is 0. The lowest BCUT2D eigenvalue weighted by Crippen LogP contribution is -1.79. The summed E-state index contributed by atoms with van der Waals surface area (Å²) in [5.41, 5.74) is 1.96. The molecule has 0 spiro atoms. The van der Waals surface area contributed by atoms with Crippen LogP contribution in [0.1, 0.15) is 12.0 Å². The Morgan fingerprint density at radius 1 is 1.17 bits per heavy atom. The second-order valence-corrected chi connectivity index (χ2v) is 2.82. The zero-order valence-corrected chi connectivity index (χ0v) is 6.66. The molecule has 0 saturated carbocycles. The molecule has 0 saturated heterocycles. The van der Waals surface area contributed by atoms with Gasteiger partial charge in [-0.05, 0) is 18.1 Å². The van der Waals surface area contributed by atoms with Gasteiger partial charge in [0.05, 0.1) is 0 Å². The average Bonchev–Trinajstić information content (AvgIpc) is 2.57. The van der Waals surface area contributed by atoms with Crippen molar-refractivity contribution < 1.29 is 5.11 Å². The van der Waals surface area contributed by atoms with Crippen LogP contribution in [0, 0.1) is 0 Å². The highest BCUT2D eigenvalue weighted by molar-refractivity contribution is 5.74. The molecule has 0 unspecified atom stereocenters. The topological polar surface area (TPSA) is 19.9 Å². The van der Waals surface area contributed by atoms with Crippen molar-refractivity contribution in [2.75, 3.05) is 0 Å². The lowest BCUT2D eigenvalue weighted by atomic mass is 10.0. The fourth-order valence-electron chi connectivity index (χ4n) is 1.38. The zero-order valence-electron chi connectivity index (χ0n) is 6.66. The van der Waals surface area contributed by atoms with Crippen LogP contribution in [0.5, 0.6) is 5.75 Å². The van der Waals surface area contributed by atoms with Crippen molar-refractivity contribution in [3.8, 4) is 5.75 Å². The van der Waals surface area contributed by atoms with Crippen LogP contribution in [0.25, 0.3) is 5.57 Å². The maximum atomic E-state index is 11.3. The van der Waals surface area contributed by atoms with E-state index in [1.807, 2.05) is 24.3 Å². The Morgan fingerprint density at radius 2 is 2.00 bits per heavy atom. The van der Waals surface area contributed by atoms with Crippen molar-refractivity contribution in [1.82, 2.24) is 0 Å². The third-order valence-electron chi connectivity index (χ3n) is 2.00. The standard InChI is InChI=1S/C11H9O/c12-11-8-4-3-7-10(11)9-5-1-2-6-9/h1-5,7-8H,6H2. The molecule has 1 nitrogen and oxygen atoms in total. The van der Waals surface area contributed by atoms with Gasteiger partial charge in [0.1, 0.15) is 0 Å². The van der Waals surface area contributed by atoms with Gasteiger partial charge in [-0.15, -0.1) is 0 Å². The van der Waals surface area contributed by atoms with Gasteiger partial charge in [-0.1, -0.05) is 36.4 Å². The molecule has 1 aromatic rings. The molecule has 1 aliphatic carbocycles. The quantitative estimate of drug-likeness (QED) is 0.596. The molecule has 12 heavy (non-hydrogen) atoms. The lowest BCUT2D eigenvalue weighted by molar-refractivity contribution is 0.353. The van der Waals surface area contributed by atoms with E-state index in [0.717, 1.165) is 17.6 Å². The predicted molar refractivity (Wildman–Crippen MR) is 48.3 cm³/mol. The molecule has 0 fully saturated rings. The molecule has 1 aromatic carbocycles. The molecule has 1 aliphatic rings. The fraction of sp³-hybridized carbons (Fsp3) is 0.0909. The van der Waals surface area contributed by atoms with Crippen molar-refractivity contribution in [2.45, 2.75) is 6.42 Å². The van der Waals surface area contributed by atoms with Gasteiger partial charge in [-0.25, -0.2) is 0 Å². The molecule has 1 radical (unpaired) electrons. The largest absolute Gasteiger partial charge is 0.289 e. The molecule has 1 heteroatoms. The first-order valence-corrected chi connectivity index (χ1v) is 4.00. The Balaban J connectivity index is 2.40. The van der Waals surface area contributed by atoms with Crippen molar-refractivity contribution in [3.05, 3.63) is 48.1 Å². The zero-order chi connectivity index (χ0) is 8.39. The van der Waals surface area contributed by atoms with Crippen LogP contribution in [-0.2, 0) is 5.11 Å². The van der Waals surface area contributed by atoms with Crippen LogP contribution >= 0.6 is 0 Å². The second-order valence-electron chi connectivity index (χ2n) is 2.82. The molecule has 0 amide bonds. The maximum Gasteiger partial charge on any atom is 0.186 e. The Labute approximate surface area is 71.7 Å². The third-order valence-corrected chi connectivity index (χ3v) is 2.00. The molecule has 0 heterocycles. The number of hydrogen-bond acceptors (Lipinski definition) is 0. The van der Waals surface area contributed by atoms with E-state index in [1.165, 1.54) is 0 Å². The van der Waals surface area contributed by atoms with E-state index < -0.39 is 0 Å². The maximum absolute atomic E-state index is 11.3. The number of rotatable bonds is 1. The molecule has 59 valence electrons. The SMILES string of the molecule is [O]c1ccccc1C1=CC=CC1. The van der Waals surface area contributed by atoms with Crippen molar-refractivity contribution in [2.24, 2.45) is 0 Å². The van der Waals surface area contributed by atoms with Crippen LogP contribution in [0.4, 0.5) is 0 Å². The first kappa shape index (κ1) is 7.17. The Hall–Kier alpha value is -1.50. The van der Waals surface area contributed by atoms with Crippen LogP contribution in [0.3, 0.4) is 0 Å². The molecule has 0 aromatic heterocycles. The van der Waals surface area contributed by atoms with E-state index in [0.29, 0.717) is 0 Å². The summed E-state index contributed by atoms with van der Waals surface area (Å²) in [6, 6.07) is 7.15. The van der Waals surface area contributed by atoms with Crippen molar-refractivity contribution in [1.29, 1.82) is 0 Å². The van der Waals surface area contributed by atoms with Crippen LogP contribution < -0.4 is 0 Å². The minimum Gasteiger partial charge on any atom is -0.289 e. The predicted octanol–water partition coefficient (Wildman–Crippen LogP) is 3.17. The van der Waals surface area contributed by atoms with Gasteiger partial charge in [0.15, 0.2) is 5.75 Å². The van der Waals surface area contributed by atoms with Crippen molar-refractivity contribution >= 4 is 5.57 Å². The summed E-state index contributed by atoms with van der Waals surface area (Å²) in [5.74, 6) is 0.118.